The van der Waals surface area contributed by atoms with E-state index in [4.69, 9.17) is 4.74 Å². The normalized spacial score (nSPS) is 21.2. The SMILES string of the molecule is COC(=O)NCC1CCN(c2ccc(N3CC(N(C)C(C)=O)OC3=O)cc2F)C1. The Morgan fingerprint density at radius 3 is 2.79 bits per heavy atom. The van der Waals surface area contributed by atoms with E-state index >= 15 is 0 Å². The highest BCUT2D eigenvalue weighted by molar-refractivity contribution is 5.90. The first-order valence-corrected chi connectivity index (χ1v) is 9.38. The predicted molar refractivity (Wildman–Crippen MR) is 103 cm³/mol. The first-order valence-electron chi connectivity index (χ1n) is 9.38. The van der Waals surface area contributed by atoms with Gasteiger partial charge in [-0.25, -0.2) is 14.0 Å². The number of alkyl carbamates (subject to hydrolysis) is 1. The number of likely N-dealkylation sites (N-methyl/N-ethyl adjacent to an activating group) is 1. The van der Waals surface area contributed by atoms with Crippen LogP contribution in [0.2, 0.25) is 0 Å². The van der Waals surface area contributed by atoms with Gasteiger partial charge in [0.05, 0.1) is 25.0 Å². The Morgan fingerprint density at radius 2 is 2.14 bits per heavy atom. The summed E-state index contributed by atoms with van der Waals surface area (Å²) in [5.74, 6) is -0.471. The number of hydrogen-bond acceptors (Lipinski definition) is 6. The molecule has 9 nitrogen and oxygen atoms in total. The second-order valence-electron chi connectivity index (χ2n) is 7.19. The zero-order valence-corrected chi connectivity index (χ0v) is 16.7. The Bertz CT molecular complexity index is 805. The van der Waals surface area contributed by atoms with Gasteiger partial charge in [-0.05, 0) is 30.5 Å². The van der Waals surface area contributed by atoms with Crippen molar-refractivity contribution in [2.24, 2.45) is 5.92 Å². The molecule has 158 valence electrons. The lowest BCUT2D eigenvalue weighted by Crippen LogP contribution is -2.38. The highest BCUT2D eigenvalue weighted by atomic mass is 19.1. The quantitative estimate of drug-likeness (QED) is 0.799. The molecule has 2 fully saturated rings. The molecule has 0 bridgehead atoms. The third kappa shape index (κ3) is 4.52. The van der Waals surface area contributed by atoms with Crippen LogP contribution in [0.3, 0.4) is 0 Å². The summed E-state index contributed by atoms with van der Waals surface area (Å²) in [6.07, 6.45) is -0.983. The molecular formula is C19H25FN4O5. The van der Waals surface area contributed by atoms with Crippen LogP contribution in [0.25, 0.3) is 0 Å². The van der Waals surface area contributed by atoms with Crippen LogP contribution in [0.1, 0.15) is 13.3 Å². The maximum atomic E-state index is 14.8. The molecule has 2 aliphatic heterocycles. The number of cyclic esters (lactones) is 1. The van der Waals surface area contributed by atoms with E-state index in [0.29, 0.717) is 31.0 Å². The van der Waals surface area contributed by atoms with Crippen molar-refractivity contribution in [3.8, 4) is 0 Å². The number of hydrogen-bond donors (Lipinski definition) is 1. The molecule has 2 heterocycles. The van der Waals surface area contributed by atoms with E-state index in [1.165, 1.54) is 29.9 Å². The molecule has 0 spiro atoms. The zero-order valence-electron chi connectivity index (χ0n) is 16.7. The van der Waals surface area contributed by atoms with Crippen molar-refractivity contribution in [1.82, 2.24) is 10.2 Å². The first-order chi connectivity index (χ1) is 13.8. The Kier molecular flexibility index (Phi) is 6.09. The molecule has 10 heteroatoms. The van der Waals surface area contributed by atoms with Crippen molar-refractivity contribution in [3.63, 3.8) is 0 Å². The number of benzene rings is 1. The fraction of sp³-hybridized carbons (Fsp3) is 0.526. The number of halogens is 1. The minimum absolute atomic E-state index is 0.138. The molecule has 1 aromatic rings. The van der Waals surface area contributed by atoms with E-state index in [0.717, 1.165) is 6.42 Å². The molecule has 2 atom stereocenters. The van der Waals surface area contributed by atoms with E-state index in [1.807, 2.05) is 4.90 Å². The molecule has 0 saturated carbocycles. The number of amides is 3. The lowest BCUT2D eigenvalue weighted by Gasteiger charge is -2.22. The monoisotopic (exact) mass is 408 g/mol. The van der Waals surface area contributed by atoms with Crippen molar-refractivity contribution in [2.45, 2.75) is 19.6 Å². The van der Waals surface area contributed by atoms with Gasteiger partial charge in [-0.1, -0.05) is 0 Å². The zero-order chi connectivity index (χ0) is 21.1. The van der Waals surface area contributed by atoms with Crippen LogP contribution in [-0.2, 0) is 14.3 Å². The smallest absolute Gasteiger partial charge is 0.416 e. The van der Waals surface area contributed by atoms with Gasteiger partial charge < -0.3 is 24.6 Å². The number of anilines is 2. The van der Waals surface area contributed by atoms with Crippen molar-refractivity contribution in [2.75, 3.05) is 50.1 Å². The van der Waals surface area contributed by atoms with Crippen LogP contribution >= 0.6 is 0 Å². The lowest BCUT2D eigenvalue weighted by atomic mass is 10.1. The van der Waals surface area contributed by atoms with E-state index in [2.05, 4.69) is 10.1 Å². The highest BCUT2D eigenvalue weighted by Crippen LogP contribution is 2.31. The third-order valence-corrected chi connectivity index (χ3v) is 5.31. The van der Waals surface area contributed by atoms with Gasteiger partial charge in [0, 0.05) is 33.6 Å². The van der Waals surface area contributed by atoms with Gasteiger partial charge in [0.2, 0.25) is 5.91 Å². The number of methoxy groups -OCH3 is 1. The minimum Gasteiger partial charge on any atom is -0.453 e. The van der Waals surface area contributed by atoms with Crippen LogP contribution in [0.15, 0.2) is 18.2 Å². The summed E-state index contributed by atoms with van der Waals surface area (Å²) in [4.78, 5) is 39.4. The van der Waals surface area contributed by atoms with Gasteiger partial charge in [0.25, 0.3) is 0 Å². The molecule has 29 heavy (non-hydrogen) atoms. The molecule has 2 aliphatic rings. The third-order valence-electron chi connectivity index (χ3n) is 5.31. The van der Waals surface area contributed by atoms with Gasteiger partial charge in [0.15, 0.2) is 6.23 Å². The average Bonchev–Trinajstić information content (AvgIpc) is 3.32. The van der Waals surface area contributed by atoms with Gasteiger partial charge in [0.1, 0.15) is 5.82 Å². The largest absolute Gasteiger partial charge is 0.453 e. The molecular weight excluding hydrogens is 383 g/mol. The van der Waals surface area contributed by atoms with Crippen LogP contribution in [-0.4, -0.2) is 69.6 Å². The summed E-state index contributed by atoms with van der Waals surface area (Å²) in [5.41, 5.74) is 0.818. The molecule has 3 rings (SSSR count). The van der Waals surface area contributed by atoms with Gasteiger partial charge in [-0.2, -0.15) is 0 Å². The van der Waals surface area contributed by atoms with Crippen molar-refractivity contribution in [3.05, 3.63) is 24.0 Å². The molecule has 1 aromatic carbocycles. The van der Waals surface area contributed by atoms with Crippen molar-refractivity contribution < 1.29 is 28.2 Å². The van der Waals surface area contributed by atoms with E-state index in [9.17, 15) is 18.8 Å². The maximum absolute atomic E-state index is 14.8. The standard InChI is InChI=1S/C19H25FN4O5/c1-12(25)22(2)17-11-24(19(27)29-17)14-4-5-16(15(20)8-14)23-7-6-13(10-23)9-21-18(26)28-3/h4-5,8,13,17H,6-7,9-11H2,1-3H3,(H,21,26). The molecule has 0 aliphatic carbocycles. The number of ether oxygens (including phenoxy) is 2. The molecule has 0 radical (unpaired) electrons. The number of carbonyl (C=O) groups excluding carboxylic acids is 3. The van der Waals surface area contributed by atoms with Crippen molar-refractivity contribution >= 4 is 29.5 Å². The first kappa shape index (κ1) is 20.7. The molecule has 1 N–H and O–H groups in total. The summed E-state index contributed by atoms with van der Waals surface area (Å²) in [7, 11) is 2.86. The summed E-state index contributed by atoms with van der Waals surface area (Å²) in [5, 5.41) is 2.67. The van der Waals surface area contributed by atoms with Gasteiger partial charge in [-0.15, -0.1) is 0 Å². The number of rotatable bonds is 5. The molecule has 2 saturated heterocycles. The maximum Gasteiger partial charge on any atom is 0.416 e. The fourth-order valence-electron chi connectivity index (χ4n) is 3.50. The Balaban J connectivity index is 1.64. The van der Waals surface area contributed by atoms with Crippen LogP contribution in [0, 0.1) is 11.7 Å². The highest BCUT2D eigenvalue weighted by Gasteiger charge is 2.36. The second kappa shape index (κ2) is 8.54. The van der Waals surface area contributed by atoms with Crippen molar-refractivity contribution in [1.29, 1.82) is 0 Å². The second-order valence-corrected chi connectivity index (χ2v) is 7.19. The van der Waals surface area contributed by atoms with Crippen LogP contribution < -0.4 is 15.1 Å². The average molecular weight is 408 g/mol. The van der Waals surface area contributed by atoms with Gasteiger partial charge in [-0.3, -0.25) is 9.69 Å². The summed E-state index contributed by atoms with van der Waals surface area (Å²) < 4.78 is 24.6. The molecule has 0 aromatic heterocycles. The molecule has 3 amide bonds. The fourth-order valence-corrected chi connectivity index (χ4v) is 3.50. The van der Waals surface area contributed by atoms with Gasteiger partial charge >= 0.3 is 12.2 Å². The number of carbonyl (C=O) groups is 3. The Labute approximate surface area is 168 Å². The predicted octanol–water partition coefficient (Wildman–Crippen LogP) is 1.77. The van der Waals surface area contributed by atoms with E-state index in [-0.39, 0.29) is 18.4 Å². The lowest BCUT2D eigenvalue weighted by molar-refractivity contribution is -0.134. The topological polar surface area (TPSA) is 91.4 Å². The minimum atomic E-state index is -0.704. The van der Waals surface area contributed by atoms with E-state index in [1.54, 1.807) is 19.2 Å². The summed E-state index contributed by atoms with van der Waals surface area (Å²) in [6, 6.07) is 4.60. The molecule has 2 unspecified atom stereocenters. The van der Waals surface area contributed by atoms with Crippen LogP contribution in [0.4, 0.5) is 25.4 Å². The number of nitrogens with zero attached hydrogens (tertiary/aromatic N) is 3. The summed E-state index contributed by atoms with van der Waals surface area (Å²) >= 11 is 0. The summed E-state index contributed by atoms with van der Waals surface area (Å²) in [6.45, 7) is 3.26. The number of nitrogens with one attached hydrogen (secondary N) is 1. The van der Waals surface area contributed by atoms with E-state index < -0.39 is 24.2 Å². The Hall–Kier alpha value is -3.04. The van der Waals surface area contributed by atoms with Crippen LogP contribution in [0.5, 0.6) is 0 Å². The Morgan fingerprint density at radius 1 is 1.38 bits per heavy atom.